The third-order valence-electron chi connectivity index (χ3n) is 3.34. The summed E-state index contributed by atoms with van der Waals surface area (Å²) in [5.41, 5.74) is 6.09. The van der Waals surface area contributed by atoms with Crippen LogP contribution in [0.25, 0.3) is 6.08 Å². The highest BCUT2D eigenvalue weighted by Gasteiger charge is 2.10. The zero-order valence-corrected chi connectivity index (χ0v) is 14.8. The fraction of sp³-hybridized carbons (Fsp3) is 0.150. The molecule has 0 spiro atoms. The molecule has 0 aliphatic heterocycles. The predicted octanol–water partition coefficient (Wildman–Crippen LogP) is 2.50. The molecule has 0 aliphatic carbocycles. The number of nitrogens with zero attached hydrogens (tertiary/aromatic N) is 1. The molecule has 27 heavy (non-hydrogen) atoms. The van der Waals surface area contributed by atoms with Gasteiger partial charge in [0.15, 0.2) is 6.61 Å². The Morgan fingerprint density at radius 3 is 2.52 bits per heavy atom. The minimum atomic E-state index is -0.594. The lowest BCUT2D eigenvalue weighted by Gasteiger charge is -2.07. The van der Waals surface area contributed by atoms with E-state index in [-0.39, 0.29) is 12.2 Å². The molecular formula is C20H19N3O4. The SMILES string of the molecule is CCOc1ccc(NC(=O)/C(C#N)=C\c2cccc(OCC(N)=O)c2)cc1. The van der Waals surface area contributed by atoms with E-state index in [1.807, 2.05) is 13.0 Å². The number of nitrogens with one attached hydrogen (secondary N) is 1. The van der Waals surface area contributed by atoms with Gasteiger partial charge in [0.05, 0.1) is 6.61 Å². The minimum Gasteiger partial charge on any atom is -0.494 e. The Labute approximate surface area is 157 Å². The topological polar surface area (TPSA) is 114 Å². The monoisotopic (exact) mass is 365 g/mol. The van der Waals surface area contributed by atoms with E-state index in [4.69, 9.17) is 15.2 Å². The highest BCUT2D eigenvalue weighted by Crippen LogP contribution is 2.18. The lowest BCUT2D eigenvalue weighted by Crippen LogP contribution is -2.20. The summed E-state index contributed by atoms with van der Waals surface area (Å²) in [4.78, 5) is 23.1. The van der Waals surface area contributed by atoms with Gasteiger partial charge >= 0.3 is 0 Å². The number of primary amides is 1. The average molecular weight is 365 g/mol. The van der Waals surface area contributed by atoms with Gasteiger partial charge in [0.1, 0.15) is 23.1 Å². The molecule has 0 saturated carbocycles. The van der Waals surface area contributed by atoms with Gasteiger partial charge in [-0.25, -0.2) is 0 Å². The van der Waals surface area contributed by atoms with Crippen LogP contribution in [0.3, 0.4) is 0 Å². The normalized spacial score (nSPS) is 10.6. The lowest BCUT2D eigenvalue weighted by atomic mass is 10.1. The van der Waals surface area contributed by atoms with E-state index < -0.39 is 11.8 Å². The number of nitriles is 1. The van der Waals surface area contributed by atoms with Crippen LogP contribution >= 0.6 is 0 Å². The van der Waals surface area contributed by atoms with Crippen molar-refractivity contribution in [3.8, 4) is 17.6 Å². The van der Waals surface area contributed by atoms with Crippen molar-refractivity contribution < 1.29 is 19.1 Å². The number of nitrogens with two attached hydrogens (primary N) is 1. The number of carbonyl (C=O) groups excluding carboxylic acids is 2. The molecule has 2 aromatic carbocycles. The second-order valence-corrected chi connectivity index (χ2v) is 5.41. The molecule has 2 aromatic rings. The van der Waals surface area contributed by atoms with E-state index >= 15 is 0 Å². The Kier molecular flexibility index (Phi) is 6.97. The zero-order valence-electron chi connectivity index (χ0n) is 14.8. The van der Waals surface area contributed by atoms with Crippen LogP contribution in [0.15, 0.2) is 54.1 Å². The number of carbonyl (C=O) groups is 2. The molecule has 0 unspecified atom stereocenters. The smallest absolute Gasteiger partial charge is 0.266 e. The first-order chi connectivity index (χ1) is 13.0. The Hall–Kier alpha value is -3.79. The van der Waals surface area contributed by atoms with Crippen molar-refractivity contribution in [3.63, 3.8) is 0 Å². The molecule has 3 N–H and O–H groups in total. The molecule has 7 heteroatoms. The number of hydrogen-bond donors (Lipinski definition) is 2. The number of rotatable bonds is 8. The summed E-state index contributed by atoms with van der Waals surface area (Å²) in [7, 11) is 0. The Balaban J connectivity index is 2.10. The van der Waals surface area contributed by atoms with E-state index in [1.54, 1.807) is 48.5 Å². The van der Waals surface area contributed by atoms with Crippen LogP contribution in [0.4, 0.5) is 5.69 Å². The molecule has 0 aliphatic rings. The van der Waals surface area contributed by atoms with Crippen molar-refractivity contribution in [1.82, 2.24) is 0 Å². The van der Waals surface area contributed by atoms with Crippen LogP contribution < -0.4 is 20.5 Å². The van der Waals surface area contributed by atoms with E-state index in [0.717, 1.165) is 0 Å². The van der Waals surface area contributed by atoms with E-state index in [2.05, 4.69) is 5.32 Å². The van der Waals surface area contributed by atoms with Gasteiger partial charge in [-0.3, -0.25) is 9.59 Å². The molecule has 0 atom stereocenters. The van der Waals surface area contributed by atoms with Crippen molar-refractivity contribution >= 4 is 23.6 Å². The molecule has 2 rings (SSSR count). The molecular weight excluding hydrogens is 346 g/mol. The maximum absolute atomic E-state index is 12.3. The molecule has 2 amide bonds. The maximum atomic E-state index is 12.3. The molecule has 0 radical (unpaired) electrons. The van der Waals surface area contributed by atoms with E-state index in [1.165, 1.54) is 6.08 Å². The van der Waals surface area contributed by atoms with Crippen LogP contribution in [0.2, 0.25) is 0 Å². The van der Waals surface area contributed by atoms with Gasteiger partial charge in [0.2, 0.25) is 0 Å². The molecule has 0 heterocycles. The minimum absolute atomic E-state index is 0.0732. The first-order valence-corrected chi connectivity index (χ1v) is 8.19. The van der Waals surface area contributed by atoms with Gasteiger partial charge in [-0.15, -0.1) is 0 Å². The Morgan fingerprint density at radius 1 is 1.15 bits per heavy atom. The second-order valence-electron chi connectivity index (χ2n) is 5.41. The molecule has 7 nitrogen and oxygen atoms in total. The van der Waals surface area contributed by atoms with Gasteiger partial charge in [-0.1, -0.05) is 12.1 Å². The highest BCUT2D eigenvalue weighted by molar-refractivity contribution is 6.09. The lowest BCUT2D eigenvalue weighted by molar-refractivity contribution is -0.120. The second kappa shape index (κ2) is 9.63. The summed E-state index contributed by atoms with van der Waals surface area (Å²) in [5.74, 6) is -0.0282. The third kappa shape index (κ3) is 6.21. The fourth-order valence-electron chi connectivity index (χ4n) is 2.16. The van der Waals surface area contributed by atoms with Crippen LogP contribution in [0.5, 0.6) is 11.5 Å². The molecule has 0 aromatic heterocycles. The van der Waals surface area contributed by atoms with Gasteiger partial charge in [0.25, 0.3) is 11.8 Å². The summed E-state index contributed by atoms with van der Waals surface area (Å²) >= 11 is 0. The number of anilines is 1. The quantitative estimate of drug-likeness (QED) is 0.551. The summed E-state index contributed by atoms with van der Waals surface area (Å²) in [6.07, 6.45) is 1.43. The highest BCUT2D eigenvalue weighted by atomic mass is 16.5. The van der Waals surface area contributed by atoms with Gasteiger partial charge < -0.3 is 20.5 Å². The van der Waals surface area contributed by atoms with E-state index in [0.29, 0.717) is 29.4 Å². The van der Waals surface area contributed by atoms with Gasteiger partial charge in [0, 0.05) is 5.69 Å². The summed E-state index contributed by atoms with van der Waals surface area (Å²) in [6, 6.07) is 15.4. The van der Waals surface area contributed by atoms with Crippen molar-refractivity contribution in [2.24, 2.45) is 5.73 Å². The Morgan fingerprint density at radius 2 is 1.89 bits per heavy atom. The number of amides is 2. The van der Waals surface area contributed by atoms with Gasteiger partial charge in [-0.05, 0) is 55.0 Å². The van der Waals surface area contributed by atoms with Crippen LogP contribution in [-0.2, 0) is 9.59 Å². The number of benzene rings is 2. The number of ether oxygens (including phenoxy) is 2. The molecule has 0 bridgehead atoms. The summed E-state index contributed by atoms with van der Waals surface area (Å²) in [5, 5.41) is 12.0. The molecule has 0 fully saturated rings. The fourth-order valence-corrected chi connectivity index (χ4v) is 2.16. The zero-order chi connectivity index (χ0) is 19.6. The first kappa shape index (κ1) is 19.5. The van der Waals surface area contributed by atoms with Crippen molar-refractivity contribution in [2.75, 3.05) is 18.5 Å². The molecule has 0 saturated heterocycles. The maximum Gasteiger partial charge on any atom is 0.266 e. The van der Waals surface area contributed by atoms with Crippen LogP contribution in [0.1, 0.15) is 12.5 Å². The first-order valence-electron chi connectivity index (χ1n) is 8.19. The Bertz CT molecular complexity index is 883. The van der Waals surface area contributed by atoms with Crippen molar-refractivity contribution in [2.45, 2.75) is 6.92 Å². The van der Waals surface area contributed by atoms with Crippen LogP contribution in [-0.4, -0.2) is 25.0 Å². The van der Waals surface area contributed by atoms with Crippen molar-refractivity contribution in [3.05, 3.63) is 59.7 Å². The van der Waals surface area contributed by atoms with Crippen LogP contribution in [0, 0.1) is 11.3 Å². The average Bonchev–Trinajstić information content (AvgIpc) is 2.66. The third-order valence-corrected chi connectivity index (χ3v) is 3.34. The standard InChI is InChI=1S/C20H19N3O4/c1-2-26-17-8-6-16(7-9-17)23-20(25)15(12-21)10-14-4-3-5-18(11-14)27-13-19(22)24/h3-11H,2,13H2,1H3,(H2,22,24)(H,23,25)/b15-10-. The largest absolute Gasteiger partial charge is 0.494 e. The predicted molar refractivity (Wildman–Crippen MR) is 101 cm³/mol. The van der Waals surface area contributed by atoms with E-state index in [9.17, 15) is 14.9 Å². The van der Waals surface area contributed by atoms with Gasteiger partial charge in [-0.2, -0.15) is 5.26 Å². The molecule has 138 valence electrons. The van der Waals surface area contributed by atoms with Crippen molar-refractivity contribution in [1.29, 1.82) is 5.26 Å². The summed E-state index contributed by atoms with van der Waals surface area (Å²) < 4.78 is 10.6. The number of hydrogen-bond acceptors (Lipinski definition) is 5. The summed E-state index contributed by atoms with van der Waals surface area (Å²) in [6.45, 7) is 2.18.